The van der Waals surface area contributed by atoms with Crippen LogP contribution in [0.2, 0.25) is 0 Å². The van der Waals surface area contributed by atoms with Gasteiger partial charge in [-0.15, -0.1) is 0 Å². The van der Waals surface area contributed by atoms with Gasteiger partial charge < -0.3 is 19.2 Å². The van der Waals surface area contributed by atoms with Gasteiger partial charge in [0.2, 0.25) is 0 Å². The zero-order valence-electron chi connectivity index (χ0n) is 18.5. The van der Waals surface area contributed by atoms with Crippen molar-refractivity contribution >= 4 is 33.8 Å². The average molecular weight is 445 g/mol. The van der Waals surface area contributed by atoms with Crippen molar-refractivity contribution in [3.8, 4) is 5.75 Å². The van der Waals surface area contributed by atoms with Crippen LogP contribution >= 0.6 is 0 Å². The molecule has 0 unspecified atom stereocenters. The summed E-state index contributed by atoms with van der Waals surface area (Å²) in [5.41, 5.74) is -0.379. The summed E-state index contributed by atoms with van der Waals surface area (Å²) in [5.74, 6) is -0.535. The van der Waals surface area contributed by atoms with E-state index in [2.05, 4.69) is 5.32 Å². The second-order valence-corrected chi connectivity index (χ2v) is 8.50. The van der Waals surface area contributed by atoms with Gasteiger partial charge in [-0.3, -0.25) is 0 Å². The molecule has 1 amide bonds. The molecule has 4 rings (SSSR count). The van der Waals surface area contributed by atoms with Gasteiger partial charge in [0.15, 0.2) is 6.04 Å². The van der Waals surface area contributed by atoms with Gasteiger partial charge in [0.1, 0.15) is 16.9 Å². The lowest BCUT2D eigenvalue weighted by molar-refractivity contribution is -0.137. The summed E-state index contributed by atoms with van der Waals surface area (Å²) < 4.78 is 16.3. The van der Waals surface area contributed by atoms with E-state index in [-0.39, 0.29) is 5.75 Å². The lowest BCUT2D eigenvalue weighted by Crippen LogP contribution is -2.39. The van der Waals surface area contributed by atoms with E-state index in [0.717, 1.165) is 10.8 Å². The van der Waals surface area contributed by atoms with Crippen LogP contribution in [-0.2, 0) is 9.53 Å². The minimum atomic E-state index is -1.10. The first-order valence-corrected chi connectivity index (χ1v) is 10.4. The second-order valence-electron chi connectivity index (χ2n) is 8.50. The summed E-state index contributed by atoms with van der Waals surface area (Å²) in [6.07, 6.45) is -0.746. The third kappa shape index (κ3) is 5.03. The Labute approximate surface area is 189 Å². The molecule has 1 aromatic heterocycles. The molecule has 1 heterocycles. The van der Waals surface area contributed by atoms with E-state index in [1.54, 1.807) is 75.4 Å². The summed E-state index contributed by atoms with van der Waals surface area (Å²) >= 11 is 0. The highest BCUT2D eigenvalue weighted by molar-refractivity contribution is 6.04. The highest BCUT2D eigenvalue weighted by Crippen LogP contribution is 2.27. The molecule has 1 atom stereocenters. The molecule has 0 radical (unpaired) electrons. The quantitative estimate of drug-likeness (QED) is 0.203. The first-order valence-electron chi connectivity index (χ1n) is 10.4. The van der Waals surface area contributed by atoms with Crippen LogP contribution in [0.25, 0.3) is 21.7 Å². The third-order valence-corrected chi connectivity index (χ3v) is 4.84. The molecule has 3 aromatic carbocycles. The molecule has 0 spiro atoms. The molecule has 33 heavy (non-hydrogen) atoms. The number of rotatable bonds is 4. The fourth-order valence-corrected chi connectivity index (χ4v) is 3.45. The second kappa shape index (κ2) is 8.78. The number of hydrogen-bond acceptors (Lipinski definition) is 6. The Kier molecular flexibility index (Phi) is 5.87. The highest BCUT2D eigenvalue weighted by Gasteiger charge is 2.27. The Morgan fingerprint density at radius 2 is 1.55 bits per heavy atom. The molecule has 1 N–H and O–H groups in total. The SMILES string of the molecule is CC(C)(C)OC(=O)N[C@H](C(=O)Oc1ccc2c(c1)oc(=O)c1ccccc12)c1ccccc1. The number of esters is 1. The lowest BCUT2D eigenvalue weighted by Gasteiger charge is -2.23. The van der Waals surface area contributed by atoms with Crippen molar-refractivity contribution in [3.63, 3.8) is 0 Å². The molecule has 4 aromatic rings. The van der Waals surface area contributed by atoms with Crippen molar-refractivity contribution < 1.29 is 23.5 Å². The maximum atomic E-state index is 13.0. The van der Waals surface area contributed by atoms with Crippen molar-refractivity contribution in [3.05, 3.63) is 88.8 Å². The normalized spacial score (nSPS) is 12.3. The van der Waals surface area contributed by atoms with E-state index >= 15 is 0 Å². The van der Waals surface area contributed by atoms with E-state index in [1.807, 2.05) is 12.1 Å². The van der Waals surface area contributed by atoms with Gasteiger partial charge in [0.25, 0.3) is 0 Å². The van der Waals surface area contributed by atoms with Crippen LogP contribution in [0.5, 0.6) is 5.75 Å². The smallest absolute Gasteiger partial charge is 0.408 e. The molecule has 0 saturated heterocycles. The number of ether oxygens (including phenoxy) is 2. The van der Waals surface area contributed by atoms with Crippen molar-refractivity contribution in [1.29, 1.82) is 0 Å². The van der Waals surface area contributed by atoms with E-state index in [0.29, 0.717) is 16.5 Å². The Morgan fingerprint density at radius 1 is 0.879 bits per heavy atom. The third-order valence-electron chi connectivity index (χ3n) is 4.84. The number of carbonyl (C=O) groups is 2. The molecule has 7 heteroatoms. The molecular weight excluding hydrogens is 422 g/mol. The highest BCUT2D eigenvalue weighted by atomic mass is 16.6. The molecule has 0 aliphatic rings. The van der Waals surface area contributed by atoms with Crippen LogP contribution in [0.3, 0.4) is 0 Å². The van der Waals surface area contributed by atoms with Crippen molar-refractivity contribution in [1.82, 2.24) is 5.32 Å². The largest absolute Gasteiger partial charge is 0.444 e. The molecule has 0 bridgehead atoms. The van der Waals surface area contributed by atoms with E-state index in [1.165, 1.54) is 6.07 Å². The summed E-state index contributed by atoms with van der Waals surface area (Å²) in [6.45, 7) is 5.19. The van der Waals surface area contributed by atoms with Crippen LogP contribution in [0, 0.1) is 0 Å². The molecule has 0 saturated carbocycles. The van der Waals surface area contributed by atoms with Crippen LogP contribution in [0.15, 0.2) is 82.0 Å². The number of hydrogen-bond donors (Lipinski definition) is 1. The van der Waals surface area contributed by atoms with Gasteiger partial charge in [-0.1, -0.05) is 48.5 Å². The van der Waals surface area contributed by atoms with E-state index < -0.39 is 29.3 Å². The predicted octanol–water partition coefficient (Wildman–Crippen LogP) is 5.12. The van der Waals surface area contributed by atoms with Crippen LogP contribution in [0.4, 0.5) is 4.79 Å². The maximum Gasteiger partial charge on any atom is 0.408 e. The van der Waals surface area contributed by atoms with Crippen LogP contribution in [0.1, 0.15) is 32.4 Å². The van der Waals surface area contributed by atoms with E-state index in [4.69, 9.17) is 13.9 Å². The first-order chi connectivity index (χ1) is 15.7. The van der Waals surface area contributed by atoms with Gasteiger partial charge in [0.05, 0.1) is 5.39 Å². The number of fused-ring (bicyclic) bond motifs is 3. The van der Waals surface area contributed by atoms with Gasteiger partial charge in [-0.05, 0) is 49.9 Å². The van der Waals surface area contributed by atoms with Gasteiger partial charge >= 0.3 is 17.7 Å². The fraction of sp³-hybridized carbons (Fsp3) is 0.192. The fourth-order valence-electron chi connectivity index (χ4n) is 3.45. The zero-order valence-corrected chi connectivity index (χ0v) is 18.5. The number of amides is 1. The van der Waals surface area contributed by atoms with Crippen molar-refractivity contribution in [2.24, 2.45) is 0 Å². The van der Waals surface area contributed by atoms with Gasteiger partial charge in [-0.25, -0.2) is 14.4 Å². The number of benzene rings is 3. The molecule has 0 aliphatic carbocycles. The van der Waals surface area contributed by atoms with Crippen LogP contribution in [-0.4, -0.2) is 17.7 Å². The van der Waals surface area contributed by atoms with Crippen molar-refractivity contribution in [2.75, 3.05) is 0 Å². The van der Waals surface area contributed by atoms with Gasteiger partial charge in [0, 0.05) is 11.5 Å². The summed E-state index contributed by atoms with van der Waals surface area (Å²) in [6, 6.07) is 19.6. The molecule has 7 nitrogen and oxygen atoms in total. The topological polar surface area (TPSA) is 94.8 Å². The minimum absolute atomic E-state index is 0.179. The monoisotopic (exact) mass is 445 g/mol. The minimum Gasteiger partial charge on any atom is -0.444 e. The van der Waals surface area contributed by atoms with Crippen molar-refractivity contribution in [2.45, 2.75) is 32.4 Å². The molecular formula is C26H23NO6. The Bertz CT molecular complexity index is 1390. The first kappa shape index (κ1) is 22.1. The van der Waals surface area contributed by atoms with E-state index in [9.17, 15) is 14.4 Å². The summed E-state index contributed by atoms with van der Waals surface area (Å²) in [4.78, 5) is 37.7. The molecule has 168 valence electrons. The maximum absolute atomic E-state index is 13.0. The zero-order chi connectivity index (χ0) is 23.6. The predicted molar refractivity (Wildman–Crippen MR) is 124 cm³/mol. The lowest BCUT2D eigenvalue weighted by atomic mass is 10.1. The number of nitrogens with one attached hydrogen (secondary N) is 1. The number of alkyl carbamates (subject to hydrolysis) is 1. The Morgan fingerprint density at radius 3 is 2.24 bits per heavy atom. The summed E-state index contributed by atoms with van der Waals surface area (Å²) in [5, 5.41) is 4.51. The Hall–Kier alpha value is -4.13. The molecule has 0 fully saturated rings. The molecule has 0 aliphatic heterocycles. The van der Waals surface area contributed by atoms with Gasteiger partial charge in [-0.2, -0.15) is 0 Å². The standard InChI is InChI=1S/C26H23NO6/c1-26(2,3)33-25(30)27-22(16-9-5-4-6-10-16)24(29)31-17-13-14-19-18-11-7-8-12-20(18)23(28)32-21(19)15-17/h4-15,22H,1-3H3,(H,27,30)/t22-/m0/s1. The Balaban J connectivity index is 1.64. The average Bonchev–Trinajstić information content (AvgIpc) is 2.77. The number of carbonyl (C=O) groups excluding carboxylic acids is 2. The van der Waals surface area contributed by atoms with Crippen LogP contribution < -0.4 is 15.7 Å². The summed E-state index contributed by atoms with van der Waals surface area (Å²) in [7, 11) is 0.